The lowest BCUT2D eigenvalue weighted by molar-refractivity contribution is 0.0774. The minimum absolute atomic E-state index is 0.214. The second kappa shape index (κ2) is 6.91. The third-order valence-corrected chi connectivity index (χ3v) is 4.11. The van der Waals surface area contributed by atoms with Crippen molar-refractivity contribution < 1.29 is 9.53 Å². The molecular weight excluding hydrogens is 292 g/mol. The van der Waals surface area contributed by atoms with Gasteiger partial charge in [-0.2, -0.15) is 0 Å². The fourth-order valence-corrected chi connectivity index (χ4v) is 2.79. The molecule has 6 heteroatoms. The average molecular weight is 314 g/mol. The number of hydrogen-bond donors (Lipinski definition) is 0. The summed E-state index contributed by atoms with van der Waals surface area (Å²) in [6.07, 6.45) is -0.214. The van der Waals surface area contributed by atoms with Gasteiger partial charge in [0, 0.05) is 32.7 Å². The summed E-state index contributed by atoms with van der Waals surface area (Å²) in [7, 11) is 0. The van der Waals surface area contributed by atoms with Gasteiger partial charge in [0.25, 0.3) is 0 Å². The Labute approximate surface area is 136 Å². The first-order valence-corrected chi connectivity index (χ1v) is 8.03. The van der Waals surface area contributed by atoms with Gasteiger partial charge >= 0.3 is 6.09 Å². The number of carbonyl (C=O) groups excluding carboxylic acids is 1. The molecule has 0 atom stereocenters. The van der Waals surface area contributed by atoms with E-state index in [9.17, 15) is 4.79 Å². The number of carbonyl (C=O) groups is 1. The van der Waals surface area contributed by atoms with Gasteiger partial charge in [0.1, 0.15) is 0 Å². The quantitative estimate of drug-likeness (QED) is 0.869. The summed E-state index contributed by atoms with van der Waals surface area (Å²) >= 11 is 0. The van der Waals surface area contributed by atoms with Crippen molar-refractivity contribution in [1.29, 1.82) is 0 Å². The van der Waals surface area contributed by atoms with Crippen molar-refractivity contribution >= 4 is 17.1 Å². The van der Waals surface area contributed by atoms with Crippen LogP contribution < -0.4 is 0 Å². The molecule has 1 amide bonds. The zero-order valence-corrected chi connectivity index (χ0v) is 13.7. The highest BCUT2D eigenvalue weighted by Crippen LogP contribution is 2.15. The highest BCUT2D eigenvalue weighted by molar-refractivity contribution is 5.74. The van der Waals surface area contributed by atoms with Crippen molar-refractivity contribution in [2.75, 3.05) is 32.8 Å². The number of rotatable bonds is 3. The molecule has 1 saturated heterocycles. The molecule has 2 heterocycles. The van der Waals surface area contributed by atoms with E-state index in [0.717, 1.165) is 42.1 Å². The summed E-state index contributed by atoms with van der Waals surface area (Å²) in [5, 5.41) is 0. The number of aryl methyl sites for hydroxylation is 1. The largest absolute Gasteiger partial charge is 0.450 e. The number of para-hydroxylation sites is 2. The number of hydrogen-bond acceptors (Lipinski definition) is 5. The summed E-state index contributed by atoms with van der Waals surface area (Å²) < 4.78 is 5.05. The molecule has 1 aromatic carbocycles. The van der Waals surface area contributed by atoms with Crippen molar-refractivity contribution in [2.24, 2.45) is 0 Å². The van der Waals surface area contributed by atoms with Gasteiger partial charge in [0.05, 0.1) is 29.0 Å². The Morgan fingerprint density at radius 3 is 2.43 bits per heavy atom. The molecule has 122 valence electrons. The van der Waals surface area contributed by atoms with E-state index in [4.69, 9.17) is 9.72 Å². The summed E-state index contributed by atoms with van der Waals surface area (Å²) in [4.78, 5) is 25.2. The molecule has 0 radical (unpaired) electrons. The molecule has 3 rings (SSSR count). The van der Waals surface area contributed by atoms with Crippen LogP contribution in [0.3, 0.4) is 0 Å². The maximum atomic E-state index is 11.7. The number of benzene rings is 1. The minimum atomic E-state index is -0.214. The van der Waals surface area contributed by atoms with Crippen LogP contribution in [0.25, 0.3) is 11.0 Å². The van der Waals surface area contributed by atoms with E-state index in [1.165, 1.54) is 0 Å². The van der Waals surface area contributed by atoms with E-state index in [1.54, 1.807) is 4.90 Å². The first-order chi connectivity index (χ1) is 11.2. The van der Waals surface area contributed by atoms with Crippen LogP contribution in [0.1, 0.15) is 18.3 Å². The molecule has 0 aliphatic carbocycles. The molecule has 2 aromatic rings. The number of piperazine rings is 1. The number of ether oxygens (including phenoxy) is 1. The van der Waals surface area contributed by atoms with Crippen LogP contribution >= 0.6 is 0 Å². The van der Waals surface area contributed by atoms with Crippen LogP contribution in [0.15, 0.2) is 24.3 Å². The summed E-state index contributed by atoms with van der Waals surface area (Å²) in [6.45, 7) is 8.06. The maximum Gasteiger partial charge on any atom is 0.409 e. The topological polar surface area (TPSA) is 58.6 Å². The van der Waals surface area contributed by atoms with Gasteiger partial charge in [-0.05, 0) is 26.0 Å². The first kappa shape index (κ1) is 15.7. The standard InChI is InChI=1S/C17H22N4O2/c1-3-23-17(22)21-10-8-20(9-11-21)12-16-13(2)18-14-6-4-5-7-15(14)19-16/h4-7H,3,8-12H2,1-2H3. The Hall–Kier alpha value is -2.21. The van der Waals surface area contributed by atoms with Gasteiger partial charge in [0.15, 0.2) is 0 Å². The lowest BCUT2D eigenvalue weighted by Gasteiger charge is -2.33. The summed E-state index contributed by atoms with van der Waals surface area (Å²) in [5.41, 5.74) is 3.84. The zero-order valence-electron chi connectivity index (χ0n) is 13.7. The maximum absolute atomic E-state index is 11.7. The highest BCUT2D eigenvalue weighted by atomic mass is 16.6. The smallest absolute Gasteiger partial charge is 0.409 e. The Balaban J connectivity index is 1.65. The molecular formula is C17H22N4O2. The van der Waals surface area contributed by atoms with E-state index < -0.39 is 0 Å². The number of amides is 1. The Morgan fingerprint density at radius 1 is 1.13 bits per heavy atom. The number of aromatic nitrogens is 2. The molecule has 0 unspecified atom stereocenters. The average Bonchev–Trinajstić information content (AvgIpc) is 2.56. The molecule has 23 heavy (non-hydrogen) atoms. The van der Waals surface area contributed by atoms with Crippen molar-refractivity contribution in [1.82, 2.24) is 19.8 Å². The van der Waals surface area contributed by atoms with Crippen molar-refractivity contribution in [2.45, 2.75) is 20.4 Å². The van der Waals surface area contributed by atoms with E-state index >= 15 is 0 Å². The predicted octanol–water partition coefficient (Wildman–Crippen LogP) is 2.21. The van der Waals surface area contributed by atoms with Gasteiger partial charge in [0.2, 0.25) is 0 Å². The van der Waals surface area contributed by atoms with Crippen LogP contribution in [-0.4, -0.2) is 58.6 Å². The van der Waals surface area contributed by atoms with Crippen LogP contribution in [0.4, 0.5) is 4.79 Å². The van der Waals surface area contributed by atoms with Crippen molar-refractivity contribution in [3.8, 4) is 0 Å². The van der Waals surface area contributed by atoms with Crippen LogP contribution in [0.5, 0.6) is 0 Å². The van der Waals surface area contributed by atoms with Gasteiger partial charge in [-0.3, -0.25) is 4.90 Å². The fourth-order valence-electron chi connectivity index (χ4n) is 2.79. The highest BCUT2D eigenvalue weighted by Gasteiger charge is 2.22. The van der Waals surface area contributed by atoms with Gasteiger partial charge in [-0.25, -0.2) is 14.8 Å². The van der Waals surface area contributed by atoms with Gasteiger partial charge in [-0.1, -0.05) is 12.1 Å². The second-order valence-electron chi connectivity index (χ2n) is 5.71. The van der Waals surface area contributed by atoms with Gasteiger partial charge < -0.3 is 9.64 Å². The van der Waals surface area contributed by atoms with Crippen molar-refractivity contribution in [3.63, 3.8) is 0 Å². The Bertz CT molecular complexity index is 696. The first-order valence-electron chi connectivity index (χ1n) is 8.03. The van der Waals surface area contributed by atoms with Crippen molar-refractivity contribution in [3.05, 3.63) is 35.7 Å². The number of fused-ring (bicyclic) bond motifs is 1. The van der Waals surface area contributed by atoms with E-state index in [1.807, 2.05) is 38.1 Å². The van der Waals surface area contributed by atoms with E-state index in [0.29, 0.717) is 19.7 Å². The summed E-state index contributed by atoms with van der Waals surface area (Å²) in [5.74, 6) is 0. The molecule has 1 fully saturated rings. The van der Waals surface area contributed by atoms with Crippen LogP contribution in [-0.2, 0) is 11.3 Å². The normalized spacial score (nSPS) is 15.8. The molecule has 0 spiro atoms. The molecule has 0 N–H and O–H groups in total. The van der Waals surface area contributed by atoms with E-state index in [2.05, 4.69) is 9.88 Å². The lowest BCUT2D eigenvalue weighted by atomic mass is 10.2. The molecule has 1 aliphatic heterocycles. The third kappa shape index (κ3) is 3.59. The SMILES string of the molecule is CCOC(=O)N1CCN(Cc2nc3ccccc3nc2C)CC1. The number of nitrogens with zero attached hydrogens (tertiary/aromatic N) is 4. The fraction of sp³-hybridized carbons (Fsp3) is 0.471. The lowest BCUT2D eigenvalue weighted by Crippen LogP contribution is -2.48. The third-order valence-electron chi connectivity index (χ3n) is 4.11. The van der Waals surface area contributed by atoms with Crippen LogP contribution in [0, 0.1) is 6.92 Å². The summed E-state index contributed by atoms with van der Waals surface area (Å²) in [6, 6.07) is 7.93. The Morgan fingerprint density at radius 2 is 1.78 bits per heavy atom. The van der Waals surface area contributed by atoms with Crippen LogP contribution in [0.2, 0.25) is 0 Å². The molecule has 1 aliphatic rings. The monoisotopic (exact) mass is 314 g/mol. The zero-order chi connectivity index (χ0) is 16.2. The predicted molar refractivity (Wildman–Crippen MR) is 88.1 cm³/mol. The van der Waals surface area contributed by atoms with Gasteiger partial charge in [-0.15, -0.1) is 0 Å². The molecule has 1 aromatic heterocycles. The Kier molecular flexibility index (Phi) is 4.71. The molecule has 0 saturated carbocycles. The molecule has 0 bridgehead atoms. The minimum Gasteiger partial charge on any atom is -0.450 e. The van der Waals surface area contributed by atoms with E-state index in [-0.39, 0.29) is 6.09 Å². The molecule has 6 nitrogen and oxygen atoms in total. The second-order valence-corrected chi connectivity index (χ2v) is 5.71.